The van der Waals surface area contributed by atoms with Gasteiger partial charge in [0.1, 0.15) is 0 Å². The molecule has 0 amide bonds. The molecule has 0 bridgehead atoms. The van der Waals surface area contributed by atoms with Gasteiger partial charge >= 0.3 is 29.6 Å². The summed E-state index contributed by atoms with van der Waals surface area (Å²) in [6, 6.07) is 6.83. The second-order valence-corrected chi connectivity index (χ2v) is 4.03. The zero-order valence-electron chi connectivity index (χ0n) is 9.16. The molecule has 4 heteroatoms. The average molecular weight is 235 g/mol. The largest absolute Gasteiger partial charge is 1.00 e. The van der Waals surface area contributed by atoms with Crippen LogP contribution in [-0.4, -0.2) is 5.97 Å². The number of carboxylic acids is 1. The molecule has 0 aliphatic rings. The molecule has 1 aromatic rings. The van der Waals surface area contributed by atoms with Gasteiger partial charge < -0.3 is 9.90 Å². The first-order valence-electron chi connectivity index (χ1n) is 4.48. The molecule has 0 radical (unpaired) electrons. The summed E-state index contributed by atoms with van der Waals surface area (Å²) in [5.74, 6) is -1.59. The molecule has 2 nitrogen and oxygen atoms in total. The van der Waals surface area contributed by atoms with Crippen LogP contribution in [0.4, 0.5) is 0 Å². The minimum atomic E-state index is -1.04. The van der Waals surface area contributed by atoms with Crippen molar-refractivity contribution in [3.63, 3.8) is 0 Å². The first-order chi connectivity index (χ1) is 6.52. The summed E-state index contributed by atoms with van der Waals surface area (Å²) in [5.41, 5.74) is 0.740. The zero-order chi connectivity index (χ0) is 10.7. The van der Waals surface area contributed by atoms with Crippen LogP contribution in [-0.2, 0) is 4.79 Å². The first kappa shape index (κ1) is 15.0. The Balaban J connectivity index is 0.00000196. The van der Waals surface area contributed by atoms with Crippen LogP contribution in [0.5, 0.6) is 0 Å². The number of carboxylic acid groups (broad SMARTS) is 1. The normalized spacial score (nSPS) is 12.0. The second kappa shape index (κ2) is 6.54. The molecule has 0 heterocycles. The fourth-order valence-electron chi connectivity index (χ4n) is 1.46. The van der Waals surface area contributed by atoms with E-state index in [1.165, 1.54) is 0 Å². The quantitative estimate of drug-likeness (QED) is 0.619. The zero-order valence-corrected chi connectivity index (χ0v) is 11.9. The van der Waals surface area contributed by atoms with Gasteiger partial charge in [-0.25, -0.2) is 0 Å². The Morgan fingerprint density at radius 2 is 1.73 bits per heavy atom. The summed E-state index contributed by atoms with van der Waals surface area (Å²) in [7, 11) is 0. The average Bonchev–Trinajstić information content (AvgIpc) is 2.07. The van der Waals surface area contributed by atoms with E-state index in [9.17, 15) is 9.90 Å². The monoisotopic (exact) mass is 234 g/mol. The van der Waals surface area contributed by atoms with Crippen LogP contribution < -0.4 is 34.7 Å². The van der Waals surface area contributed by atoms with E-state index in [2.05, 4.69) is 0 Å². The Labute approximate surface area is 117 Å². The molecule has 0 fully saturated rings. The minimum Gasteiger partial charge on any atom is -0.549 e. The van der Waals surface area contributed by atoms with Gasteiger partial charge in [0.15, 0.2) is 0 Å². The summed E-state index contributed by atoms with van der Waals surface area (Å²) < 4.78 is 0. The maximum Gasteiger partial charge on any atom is 1.00 e. The van der Waals surface area contributed by atoms with Gasteiger partial charge in [-0.15, -0.1) is 0 Å². The summed E-state index contributed by atoms with van der Waals surface area (Å²) in [6.45, 7) is 3.71. The van der Waals surface area contributed by atoms with Crippen molar-refractivity contribution in [2.24, 2.45) is 5.92 Å². The van der Waals surface area contributed by atoms with Gasteiger partial charge in [-0.2, -0.15) is 0 Å². The Kier molecular flexibility index (Phi) is 6.53. The summed E-state index contributed by atoms with van der Waals surface area (Å²) >= 11 is 5.71. The molecule has 0 saturated heterocycles. The van der Waals surface area contributed by atoms with E-state index < -0.39 is 11.9 Å². The number of rotatable bonds is 3. The van der Waals surface area contributed by atoms with Crippen molar-refractivity contribution >= 4 is 17.6 Å². The van der Waals surface area contributed by atoms with E-state index in [0.717, 1.165) is 5.56 Å². The molecule has 0 spiro atoms. The number of benzene rings is 1. The second-order valence-electron chi connectivity index (χ2n) is 3.59. The van der Waals surface area contributed by atoms with Crippen molar-refractivity contribution in [2.75, 3.05) is 0 Å². The third kappa shape index (κ3) is 4.15. The molecule has 0 N–H and O–H groups in total. The third-order valence-electron chi connectivity index (χ3n) is 2.15. The topological polar surface area (TPSA) is 40.1 Å². The van der Waals surface area contributed by atoms with E-state index in [0.29, 0.717) is 5.02 Å². The fraction of sp³-hybridized carbons (Fsp3) is 0.364. The molecule has 1 atom stereocenters. The van der Waals surface area contributed by atoms with Crippen LogP contribution >= 0.6 is 11.6 Å². The first-order valence-corrected chi connectivity index (χ1v) is 4.86. The van der Waals surface area contributed by atoms with Gasteiger partial charge in [0.05, 0.1) is 0 Å². The van der Waals surface area contributed by atoms with Crippen LogP contribution in [0.3, 0.4) is 0 Å². The van der Waals surface area contributed by atoms with Gasteiger partial charge in [0.25, 0.3) is 0 Å². The number of carbonyl (C=O) groups excluding carboxylic acids is 1. The van der Waals surface area contributed by atoms with Crippen LogP contribution in [0.25, 0.3) is 0 Å². The van der Waals surface area contributed by atoms with Gasteiger partial charge in [-0.1, -0.05) is 37.6 Å². The Morgan fingerprint density at radius 1 is 1.27 bits per heavy atom. The summed E-state index contributed by atoms with van der Waals surface area (Å²) in [5, 5.41) is 11.5. The fourth-order valence-corrected chi connectivity index (χ4v) is 1.59. The molecule has 76 valence electrons. The Hall–Kier alpha value is -0.0200. The maximum absolute atomic E-state index is 10.9. The van der Waals surface area contributed by atoms with Gasteiger partial charge in [-0.05, 0) is 23.6 Å². The molecule has 0 aromatic heterocycles. The number of hydrogen-bond donors (Lipinski definition) is 0. The van der Waals surface area contributed by atoms with E-state index in [-0.39, 0.29) is 35.5 Å². The van der Waals surface area contributed by atoms with E-state index >= 15 is 0 Å². The Morgan fingerprint density at radius 3 is 2.07 bits per heavy atom. The van der Waals surface area contributed by atoms with Gasteiger partial charge in [-0.3, -0.25) is 0 Å². The predicted molar refractivity (Wildman–Crippen MR) is 54.0 cm³/mol. The molecule has 0 saturated carbocycles. The standard InChI is InChI=1S/C11H13ClO2.Na/c1-7(2)10(11(13)14)8-3-5-9(12)6-4-8;/h3-7,10H,1-2H3,(H,13,14);/q;+1/p-1/t10-;/m0./s1. The predicted octanol–water partition coefficient (Wildman–Crippen LogP) is -1.17. The summed E-state index contributed by atoms with van der Waals surface area (Å²) in [6.07, 6.45) is 0. The smallest absolute Gasteiger partial charge is 0.549 e. The maximum atomic E-state index is 10.9. The van der Waals surface area contributed by atoms with Crippen molar-refractivity contribution in [1.29, 1.82) is 0 Å². The number of aliphatic carboxylic acids is 1. The van der Waals surface area contributed by atoms with Gasteiger partial charge in [0.2, 0.25) is 0 Å². The number of hydrogen-bond acceptors (Lipinski definition) is 2. The number of carbonyl (C=O) groups is 1. The van der Waals surface area contributed by atoms with E-state index in [1.54, 1.807) is 24.3 Å². The van der Waals surface area contributed by atoms with Crippen LogP contribution in [0, 0.1) is 5.92 Å². The molecule has 1 rings (SSSR count). The van der Waals surface area contributed by atoms with Crippen molar-refractivity contribution in [2.45, 2.75) is 19.8 Å². The molecule has 15 heavy (non-hydrogen) atoms. The van der Waals surface area contributed by atoms with E-state index in [1.807, 2.05) is 13.8 Å². The van der Waals surface area contributed by atoms with Crippen LogP contribution in [0.1, 0.15) is 25.3 Å². The molecule has 0 unspecified atom stereocenters. The SMILES string of the molecule is CC(C)[C@H](C(=O)[O-])c1ccc(Cl)cc1.[Na+]. The van der Waals surface area contributed by atoms with Gasteiger partial charge in [0, 0.05) is 16.9 Å². The minimum absolute atomic E-state index is 0. The Bertz CT molecular complexity index is 322. The van der Waals surface area contributed by atoms with Crippen molar-refractivity contribution in [3.8, 4) is 0 Å². The molecular weight excluding hydrogens is 223 g/mol. The van der Waals surface area contributed by atoms with Crippen molar-refractivity contribution in [3.05, 3.63) is 34.9 Å². The molecular formula is C11H12ClNaO2. The van der Waals surface area contributed by atoms with Crippen LogP contribution in [0.15, 0.2) is 24.3 Å². The molecule has 0 aliphatic carbocycles. The van der Waals surface area contributed by atoms with E-state index in [4.69, 9.17) is 11.6 Å². The molecule has 1 aromatic carbocycles. The van der Waals surface area contributed by atoms with Crippen LogP contribution in [0.2, 0.25) is 5.02 Å². The third-order valence-corrected chi connectivity index (χ3v) is 2.40. The summed E-state index contributed by atoms with van der Waals surface area (Å²) in [4.78, 5) is 10.9. The molecule has 0 aliphatic heterocycles. The number of halogens is 1. The van der Waals surface area contributed by atoms with Crippen molar-refractivity contribution < 1.29 is 39.5 Å². The van der Waals surface area contributed by atoms with Crippen molar-refractivity contribution in [1.82, 2.24) is 0 Å².